The minimum Gasteiger partial charge on any atom is -0.481 e. The van der Waals surface area contributed by atoms with Gasteiger partial charge in [0.1, 0.15) is 12.1 Å². The van der Waals surface area contributed by atoms with Crippen LogP contribution in [0.1, 0.15) is 6.42 Å². The number of carboxylic acid groups (broad SMARTS) is 2. The Hall–Kier alpha value is -2.73. The summed E-state index contributed by atoms with van der Waals surface area (Å²) in [6, 6.07) is -2.98. The second kappa shape index (κ2) is 10.1. The molecule has 2 atom stereocenters. The van der Waals surface area contributed by atoms with Crippen LogP contribution in [0.4, 0.5) is 0 Å². The highest BCUT2D eigenvalue weighted by molar-refractivity contribution is 5.92. The zero-order valence-corrected chi connectivity index (χ0v) is 11.9. The van der Waals surface area contributed by atoms with Gasteiger partial charge in [0.25, 0.3) is 0 Å². The standard InChI is InChI=1S/C11H18N4O8/c12-2-7(17)15-6(4-16)10(21)13-3-8(18)14-5(11(22)23)1-9(19)20/h5-6,16H,1-4,12H2,(H,13,21)(H,14,18)(H,15,17)(H,19,20)(H,22,23). The van der Waals surface area contributed by atoms with E-state index in [1.807, 2.05) is 5.32 Å². The van der Waals surface area contributed by atoms with E-state index in [9.17, 15) is 24.0 Å². The van der Waals surface area contributed by atoms with Gasteiger partial charge in [-0.25, -0.2) is 4.79 Å². The summed E-state index contributed by atoms with van der Waals surface area (Å²) in [5.41, 5.74) is 5.03. The molecule has 0 rings (SSSR count). The molecule has 0 radical (unpaired) electrons. The normalized spacial score (nSPS) is 12.6. The Bertz CT molecular complexity index is 481. The number of amides is 3. The van der Waals surface area contributed by atoms with Crippen molar-refractivity contribution in [2.75, 3.05) is 19.7 Å². The highest BCUT2D eigenvalue weighted by atomic mass is 16.4. The van der Waals surface area contributed by atoms with Crippen LogP contribution in [-0.2, 0) is 24.0 Å². The van der Waals surface area contributed by atoms with Crippen molar-refractivity contribution < 1.29 is 39.3 Å². The minimum atomic E-state index is -1.65. The number of hydrogen-bond acceptors (Lipinski definition) is 7. The highest BCUT2D eigenvalue weighted by Crippen LogP contribution is 1.92. The maximum Gasteiger partial charge on any atom is 0.326 e. The Morgan fingerprint density at radius 3 is 1.96 bits per heavy atom. The third-order valence-electron chi connectivity index (χ3n) is 2.45. The van der Waals surface area contributed by atoms with Gasteiger partial charge in [-0.05, 0) is 0 Å². The van der Waals surface area contributed by atoms with Crippen LogP contribution in [0.2, 0.25) is 0 Å². The molecule has 0 saturated heterocycles. The fraction of sp³-hybridized carbons (Fsp3) is 0.545. The first-order valence-electron chi connectivity index (χ1n) is 6.33. The molecule has 0 aromatic rings. The van der Waals surface area contributed by atoms with E-state index in [-0.39, 0.29) is 0 Å². The number of aliphatic carboxylic acids is 2. The maximum absolute atomic E-state index is 11.6. The monoisotopic (exact) mass is 334 g/mol. The number of nitrogens with two attached hydrogens (primary N) is 1. The quantitative estimate of drug-likeness (QED) is 0.205. The number of hydrogen-bond donors (Lipinski definition) is 7. The van der Waals surface area contributed by atoms with Crippen LogP contribution in [0.5, 0.6) is 0 Å². The van der Waals surface area contributed by atoms with Crippen molar-refractivity contribution in [2.24, 2.45) is 5.73 Å². The molecule has 0 spiro atoms. The van der Waals surface area contributed by atoms with E-state index in [0.717, 1.165) is 0 Å². The fourth-order valence-corrected chi connectivity index (χ4v) is 1.36. The lowest BCUT2D eigenvalue weighted by atomic mass is 10.2. The molecule has 12 heteroatoms. The molecule has 0 aliphatic rings. The molecule has 0 aliphatic carbocycles. The molecule has 8 N–H and O–H groups in total. The molecule has 12 nitrogen and oxygen atoms in total. The van der Waals surface area contributed by atoms with Crippen LogP contribution in [0.25, 0.3) is 0 Å². The lowest BCUT2D eigenvalue weighted by Gasteiger charge is -2.16. The Kier molecular flexibility index (Phi) is 8.88. The van der Waals surface area contributed by atoms with E-state index < -0.39 is 67.9 Å². The van der Waals surface area contributed by atoms with Crippen molar-refractivity contribution in [3.8, 4) is 0 Å². The van der Waals surface area contributed by atoms with Gasteiger partial charge in [0.05, 0.1) is 26.1 Å². The van der Waals surface area contributed by atoms with Gasteiger partial charge in [0.15, 0.2) is 0 Å². The third-order valence-corrected chi connectivity index (χ3v) is 2.45. The third kappa shape index (κ3) is 8.33. The summed E-state index contributed by atoms with van der Waals surface area (Å²) in [6.45, 7) is -1.81. The van der Waals surface area contributed by atoms with Gasteiger partial charge in [-0.15, -0.1) is 0 Å². The average Bonchev–Trinajstić information content (AvgIpc) is 2.48. The summed E-state index contributed by atoms with van der Waals surface area (Å²) < 4.78 is 0. The number of carbonyl (C=O) groups excluding carboxylic acids is 3. The lowest BCUT2D eigenvalue weighted by Crippen LogP contribution is -2.53. The molecule has 0 heterocycles. The molecule has 0 saturated carbocycles. The first-order chi connectivity index (χ1) is 10.7. The zero-order valence-electron chi connectivity index (χ0n) is 11.9. The van der Waals surface area contributed by atoms with E-state index >= 15 is 0 Å². The molecule has 130 valence electrons. The molecule has 0 fully saturated rings. The fourth-order valence-electron chi connectivity index (χ4n) is 1.36. The van der Waals surface area contributed by atoms with Crippen LogP contribution >= 0.6 is 0 Å². The molecule has 0 aromatic carbocycles. The number of carbonyl (C=O) groups is 5. The van der Waals surface area contributed by atoms with E-state index in [4.69, 9.17) is 21.1 Å². The van der Waals surface area contributed by atoms with Crippen LogP contribution in [0.15, 0.2) is 0 Å². The van der Waals surface area contributed by atoms with Gasteiger partial charge in [-0.1, -0.05) is 0 Å². The van der Waals surface area contributed by atoms with Gasteiger partial charge >= 0.3 is 11.9 Å². The van der Waals surface area contributed by atoms with Crippen molar-refractivity contribution in [2.45, 2.75) is 18.5 Å². The van der Waals surface area contributed by atoms with E-state index in [1.54, 1.807) is 0 Å². The van der Waals surface area contributed by atoms with E-state index in [2.05, 4.69) is 10.6 Å². The molecule has 3 amide bonds. The number of carboxylic acids is 2. The Morgan fingerprint density at radius 1 is 0.957 bits per heavy atom. The molecule has 2 unspecified atom stereocenters. The number of aliphatic hydroxyl groups excluding tert-OH is 1. The van der Waals surface area contributed by atoms with Gasteiger partial charge < -0.3 is 37.0 Å². The number of rotatable bonds is 10. The van der Waals surface area contributed by atoms with Crippen LogP contribution in [0, 0.1) is 0 Å². The number of nitrogens with one attached hydrogen (secondary N) is 3. The van der Waals surface area contributed by atoms with Crippen LogP contribution in [0.3, 0.4) is 0 Å². The Balaban J connectivity index is 4.44. The summed E-state index contributed by atoms with van der Waals surface area (Å²) in [4.78, 5) is 55.3. The molecule has 0 aliphatic heterocycles. The molecule has 0 aromatic heterocycles. The Morgan fingerprint density at radius 2 is 1.52 bits per heavy atom. The smallest absolute Gasteiger partial charge is 0.326 e. The SMILES string of the molecule is NCC(=O)NC(CO)C(=O)NCC(=O)NC(CC(=O)O)C(=O)O. The summed E-state index contributed by atoms with van der Waals surface area (Å²) in [7, 11) is 0. The van der Waals surface area contributed by atoms with Crippen LogP contribution < -0.4 is 21.7 Å². The van der Waals surface area contributed by atoms with E-state index in [1.165, 1.54) is 0 Å². The second-order valence-corrected chi connectivity index (χ2v) is 4.28. The largest absolute Gasteiger partial charge is 0.481 e. The molecule has 0 bridgehead atoms. The molecular formula is C11H18N4O8. The molecule has 23 heavy (non-hydrogen) atoms. The van der Waals surface area contributed by atoms with Crippen molar-refractivity contribution >= 4 is 29.7 Å². The van der Waals surface area contributed by atoms with Gasteiger partial charge in [-0.3, -0.25) is 19.2 Å². The van der Waals surface area contributed by atoms with Crippen molar-refractivity contribution in [3.63, 3.8) is 0 Å². The summed E-state index contributed by atoms with van der Waals surface area (Å²) in [5.74, 6) is -5.51. The zero-order chi connectivity index (χ0) is 18.0. The topological polar surface area (TPSA) is 208 Å². The predicted octanol–water partition coefficient (Wildman–Crippen LogP) is -4.42. The minimum absolute atomic E-state index is 0.403. The average molecular weight is 334 g/mol. The Labute approximate surface area is 130 Å². The van der Waals surface area contributed by atoms with Crippen molar-refractivity contribution in [1.29, 1.82) is 0 Å². The summed E-state index contributed by atoms with van der Waals surface area (Å²) >= 11 is 0. The first kappa shape index (κ1) is 20.3. The van der Waals surface area contributed by atoms with Crippen LogP contribution in [-0.4, -0.2) is 76.8 Å². The van der Waals surface area contributed by atoms with Crippen molar-refractivity contribution in [1.82, 2.24) is 16.0 Å². The lowest BCUT2D eigenvalue weighted by molar-refractivity contribution is -0.147. The maximum atomic E-state index is 11.6. The van der Waals surface area contributed by atoms with E-state index in [0.29, 0.717) is 0 Å². The summed E-state index contributed by atoms with van der Waals surface area (Å²) in [5, 5.41) is 32.3. The van der Waals surface area contributed by atoms with Gasteiger partial charge in [0.2, 0.25) is 17.7 Å². The molecular weight excluding hydrogens is 316 g/mol. The van der Waals surface area contributed by atoms with Crippen molar-refractivity contribution in [3.05, 3.63) is 0 Å². The van der Waals surface area contributed by atoms with Gasteiger partial charge in [-0.2, -0.15) is 0 Å². The second-order valence-electron chi connectivity index (χ2n) is 4.28. The first-order valence-corrected chi connectivity index (χ1v) is 6.33. The number of aliphatic hydroxyl groups is 1. The predicted molar refractivity (Wildman–Crippen MR) is 72.9 cm³/mol. The highest BCUT2D eigenvalue weighted by Gasteiger charge is 2.24. The van der Waals surface area contributed by atoms with Gasteiger partial charge in [0, 0.05) is 0 Å². The summed E-state index contributed by atoms with van der Waals surface area (Å²) in [6.07, 6.45) is -0.832.